The molecule has 0 aliphatic heterocycles. The number of Topliss-reactive ketones (excluding diaryl/α,β-unsaturated/α-hetero) is 1. The van der Waals surface area contributed by atoms with Crippen molar-refractivity contribution in [3.05, 3.63) is 59.9 Å². The normalized spacial score (nSPS) is 14.9. The third-order valence-corrected chi connectivity index (χ3v) is 6.48. The number of thioether (sulfide) groups is 1. The van der Waals surface area contributed by atoms with E-state index in [0.29, 0.717) is 27.8 Å². The summed E-state index contributed by atoms with van der Waals surface area (Å²) in [6.45, 7) is 1.78. The number of halogens is 1. The van der Waals surface area contributed by atoms with Crippen molar-refractivity contribution in [1.82, 2.24) is 14.8 Å². The number of sulfonamides is 1. The van der Waals surface area contributed by atoms with Gasteiger partial charge in [0.15, 0.2) is 16.8 Å². The predicted molar refractivity (Wildman–Crippen MR) is 118 cm³/mol. The highest BCUT2D eigenvalue weighted by atomic mass is 32.2. The Morgan fingerprint density at radius 1 is 1.16 bits per heavy atom. The Kier molecular flexibility index (Phi) is 5.85. The van der Waals surface area contributed by atoms with Crippen LogP contribution < -0.4 is 4.72 Å². The lowest BCUT2D eigenvalue weighted by molar-refractivity contribution is 0.0994. The molecule has 1 heterocycles. The van der Waals surface area contributed by atoms with Crippen LogP contribution in [0.15, 0.2) is 53.7 Å². The molecule has 2 aromatic carbocycles. The Hall–Kier alpha value is -2.72. The minimum absolute atomic E-state index is 0.117. The van der Waals surface area contributed by atoms with Crippen LogP contribution in [-0.2, 0) is 10.0 Å². The van der Waals surface area contributed by atoms with Crippen LogP contribution in [-0.4, -0.2) is 40.5 Å². The molecule has 1 aromatic heterocycles. The molecule has 7 nitrogen and oxygen atoms in total. The van der Waals surface area contributed by atoms with Gasteiger partial charge in [0.2, 0.25) is 10.0 Å². The van der Waals surface area contributed by atoms with E-state index in [1.54, 1.807) is 49.4 Å². The van der Waals surface area contributed by atoms with Crippen LogP contribution in [0, 0.1) is 5.82 Å². The smallest absolute Gasteiger partial charge is 0.229 e. The largest absolute Gasteiger partial charge is 0.299 e. The van der Waals surface area contributed by atoms with Crippen molar-refractivity contribution in [1.29, 1.82) is 0 Å². The number of carbonyl (C=O) groups is 1. The zero-order valence-corrected chi connectivity index (χ0v) is 18.6. The number of hydrogen-bond donors (Lipinski definition) is 1. The fourth-order valence-corrected chi connectivity index (χ4v) is 4.77. The maximum atomic E-state index is 14.3. The fourth-order valence-electron chi connectivity index (χ4n) is 3.21. The summed E-state index contributed by atoms with van der Waals surface area (Å²) >= 11 is 1.28. The zero-order valence-electron chi connectivity index (χ0n) is 16.9. The molecule has 0 bridgehead atoms. The molecule has 4 rings (SSSR count). The molecule has 1 saturated carbocycles. The van der Waals surface area contributed by atoms with Gasteiger partial charge in [0.05, 0.1) is 17.1 Å². The molecule has 1 atom stereocenters. The number of ketones is 1. The summed E-state index contributed by atoms with van der Waals surface area (Å²) in [6.07, 6.45) is 2.99. The van der Waals surface area contributed by atoms with Crippen LogP contribution >= 0.6 is 11.8 Å². The van der Waals surface area contributed by atoms with Crippen LogP contribution in [0.1, 0.15) is 36.2 Å². The van der Waals surface area contributed by atoms with Gasteiger partial charge in [0, 0.05) is 17.3 Å². The lowest BCUT2D eigenvalue weighted by Crippen LogP contribution is -2.15. The molecule has 0 spiro atoms. The molecular weight excluding hydrogens is 439 g/mol. The molecular formula is C21H21FN4O3S2. The second-order valence-electron chi connectivity index (χ2n) is 7.46. The first-order valence-corrected chi connectivity index (χ1v) is 12.5. The third-order valence-electron chi connectivity index (χ3n) is 4.82. The van der Waals surface area contributed by atoms with E-state index in [2.05, 4.69) is 14.9 Å². The van der Waals surface area contributed by atoms with Crippen molar-refractivity contribution in [3.63, 3.8) is 0 Å². The highest BCUT2D eigenvalue weighted by molar-refractivity contribution is 8.00. The number of carbonyl (C=O) groups excluding carboxylic acids is 1. The maximum Gasteiger partial charge on any atom is 0.229 e. The molecule has 1 unspecified atom stereocenters. The second kappa shape index (κ2) is 8.43. The van der Waals surface area contributed by atoms with Gasteiger partial charge in [-0.25, -0.2) is 12.8 Å². The molecule has 1 aliphatic rings. The lowest BCUT2D eigenvalue weighted by atomic mass is 10.1. The molecule has 10 heteroatoms. The maximum absolute atomic E-state index is 14.3. The van der Waals surface area contributed by atoms with E-state index in [1.807, 2.05) is 4.57 Å². The molecule has 3 aromatic rings. The molecule has 0 radical (unpaired) electrons. The average Bonchev–Trinajstić information content (AvgIpc) is 3.47. The van der Waals surface area contributed by atoms with Crippen LogP contribution in [0.2, 0.25) is 0 Å². The van der Waals surface area contributed by atoms with Gasteiger partial charge >= 0.3 is 0 Å². The Morgan fingerprint density at radius 3 is 2.45 bits per heavy atom. The van der Waals surface area contributed by atoms with Gasteiger partial charge in [-0.2, -0.15) is 0 Å². The van der Waals surface area contributed by atoms with Gasteiger partial charge in [0.25, 0.3) is 0 Å². The average molecular weight is 461 g/mol. The van der Waals surface area contributed by atoms with E-state index in [0.717, 1.165) is 19.1 Å². The molecule has 1 fully saturated rings. The zero-order chi connectivity index (χ0) is 22.2. The quantitative estimate of drug-likeness (QED) is 0.401. The molecule has 0 saturated heterocycles. The Labute approximate surface area is 184 Å². The second-order valence-corrected chi connectivity index (χ2v) is 10.5. The summed E-state index contributed by atoms with van der Waals surface area (Å²) in [7, 11) is -3.38. The summed E-state index contributed by atoms with van der Waals surface area (Å²) in [5.74, 6) is -0.00656. The van der Waals surface area contributed by atoms with Crippen LogP contribution in [0.3, 0.4) is 0 Å². The number of rotatable bonds is 8. The number of hydrogen-bond acceptors (Lipinski definition) is 6. The Balaban J connectivity index is 1.54. The van der Waals surface area contributed by atoms with Crippen molar-refractivity contribution in [2.45, 2.75) is 36.2 Å². The summed E-state index contributed by atoms with van der Waals surface area (Å²) < 4.78 is 41.3. The molecule has 0 amide bonds. The van der Waals surface area contributed by atoms with Gasteiger partial charge in [0.1, 0.15) is 5.82 Å². The standard InChI is InChI=1S/C21H21FN4O3S2/c1-13(19(27)14-7-9-15(10-8-14)25-31(2,28)29)30-21-24-23-20(26(21)16-11-12-16)17-5-3-4-6-18(17)22/h3-10,13,16,25H,11-12H2,1-2H3. The summed E-state index contributed by atoms with van der Waals surface area (Å²) in [4.78, 5) is 12.9. The van der Waals surface area contributed by atoms with Crippen molar-refractivity contribution >= 4 is 33.3 Å². The number of nitrogens with zero attached hydrogens (tertiary/aromatic N) is 3. The number of anilines is 1. The van der Waals surface area contributed by atoms with Crippen molar-refractivity contribution in [3.8, 4) is 11.4 Å². The minimum Gasteiger partial charge on any atom is -0.299 e. The number of benzene rings is 2. The Bertz CT molecular complexity index is 1220. The van der Waals surface area contributed by atoms with E-state index in [9.17, 15) is 17.6 Å². The monoisotopic (exact) mass is 460 g/mol. The molecule has 31 heavy (non-hydrogen) atoms. The van der Waals surface area contributed by atoms with Crippen molar-refractivity contribution in [2.24, 2.45) is 0 Å². The highest BCUT2D eigenvalue weighted by Gasteiger charge is 2.32. The van der Waals surface area contributed by atoms with Gasteiger partial charge in [-0.15, -0.1) is 10.2 Å². The Morgan fingerprint density at radius 2 is 1.84 bits per heavy atom. The third kappa shape index (κ3) is 4.96. The van der Waals surface area contributed by atoms with Crippen molar-refractivity contribution < 1.29 is 17.6 Å². The first-order chi connectivity index (χ1) is 14.7. The first-order valence-electron chi connectivity index (χ1n) is 9.71. The van der Waals surface area contributed by atoms with Crippen molar-refractivity contribution in [2.75, 3.05) is 11.0 Å². The summed E-state index contributed by atoms with van der Waals surface area (Å²) in [6, 6.07) is 12.9. The number of aromatic nitrogens is 3. The molecule has 1 aliphatic carbocycles. The van der Waals surface area contributed by atoms with E-state index < -0.39 is 15.3 Å². The van der Waals surface area contributed by atoms with Crippen LogP contribution in [0.5, 0.6) is 0 Å². The first kappa shape index (κ1) is 21.5. The van der Waals surface area contributed by atoms with E-state index >= 15 is 0 Å². The van der Waals surface area contributed by atoms with E-state index in [1.165, 1.54) is 17.8 Å². The minimum atomic E-state index is -3.38. The highest BCUT2D eigenvalue weighted by Crippen LogP contribution is 2.42. The molecule has 1 N–H and O–H groups in total. The predicted octanol–water partition coefficient (Wildman–Crippen LogP) is 4.15. The van der Waals surface area contributed by atoms with Gasteiger partial charge < -0.3 is 0 Å². The van der Waals surface area contributed by atoms with Gasteiger partial charge in [-0.05, 0) is 56.2 Å². The summed E-state index contributed by atoms with van der Waals surface area (Å²) in [5.41, 5.74) is 1.25. The molecule has 162 valence electrons. The van der Waals surface area contributed by atoms with Gasteiger partial charge in [-0.1, -0.05) is 23.9 Å². The number of nitrogens with one attached hydrogen (secondary N) is 1. The van der Waals surface area contributed by atoms with Crippen LogP contribution in [0.4, 0.5) is 10.1 Å². The van der Waals surface area contributed by atoms with E-state index in [-0.39, 0.29) is 17.6 Å². The topological polar surface area (TPSA) is 93.9 Å². The summed E-state index contributed by atoms with van der Waals surface area (Å²) in [5, 5.41) is 8.59. The van der Waals surface area contributed by atoms with Gasteiger partial charge in [-0.3, -0.25) is 14.1 Å². The SMILES string of the molecule is CC(Sc1nnc(-c2ccccc2F)n1C1CC1)C(=O)c1ccc(NS(C)(=O)=O)cc1. The lowest BCUT2D eigenvalue weighted by Gasteiger charge is -2.13. The van der Waals surface area contributed by atoms with Crippen LogP contribution in [0.25, 0.3) is 11.4 Å². The van der Waals surface area contributed by atoms with E-state index in [4.69, 9.17) is 0 Å². The fraction of sp³-hybridized carbons (Fsp3) is 0.286.